The largest absolute Gasteiger partial charge is 0.341 e. The number of carbonyl (C=O) groups is 1. The number of rotatable bonds is 5. The fraction of sp³-hybridized carbons (Fsp3) is 0.500. The molecule has 3 atom stereocenters. The van der Waals surface area contributed by atoms with Gasteiger partial charge in [0.05, 0.1) is 5.92 Å². The van der Waals surface area contributed by atoms with Gasteiger partial charge in [-0.25, -0.2) is 0 Å². The smallest absolute Gasteiger partial charge is 0.226 e. The van der Waals surface area contributed by atoms with Gasteiger partial charge in [-0.15, -0.1) is 12.4 Å². The van der Waals surface area contributed by atoms with Gasteiger partial charge in [0, 0.05) is 41.6 Å². The third kappa shape index (κ3) is 5.23. The van der Waals surface area contributed by atoms with E-state index in [4.69, 9.17) is 5.73 Å². The molecule has 114 valence electrons. The first-order chi connectivity index (χ1) is 8.82. The zero-order chi connectivity index (χ0) is 14.6. The van der Waals surface area contributed by atoms with Crippen LogP contribution in [-0.2, 0) is 22.1 Å². The molecular formula is C14H23ClN2O2S. The lowest BCUT2D eigenvalue weighted by Crippen LogP contribution is -2.39. The van der Waals surface area contributed by atoms with Crippen LogP contribution in [0.15, 0.2) is 29.2 Å². The molecule has 0 aliphatic heterocycles. The first-order valence-electron chi connectivity index (χ1n) is 6.26. The molecule has 4 nitrogen and oxygen atoms in total. The highest BCUT2D eigenvalue weighted by Gasteiger charge is 2.20. The number of hydrogen-bond donors (Lipinski definition) is 1. The van der Waals surface area contributed by atoms with E-state index in [1.165, 1.54) is 0 Å². The summed E-state index contributed by atoms with van der Waals surface area (Å²) in [6, 6.07) is 7.31. The maximum absolute atomic E-state index is 12.1. The number of hydrogen-bond acceptors (Lipinski definition) is 3. The van der Waals surface area contributed by atoms with Gasteiger partial charge in [-0.2, -0.15) is 0 Å². The van der Waals surface area contributed by atoms with Crippen LogP contribution < -0.4 is 5.73 Å². The summed E-state index contributed by atoms with van der Waals surface area (Å²) in [5.41, 5.74) is 6.76. The van der Waals surface area contributed by atoms with E-state index >= 15 is 0 Å². The average molecular weight is 319 g/mol. The van der Waals surface area contributed by atoms with Crippen molar-refractivity contribution in [3.63, 3.8) is 0 Å². The summed E-state index contributed by atoms with van der Waals surface area (Å²) in [7, 11) is 0.802. The van der Waals surface area contributed by atoms with Gasteiger partial charge in [-0.1, -0.05) is 19.1 Å². The minimum Gasteiger partial charge on any atom is -0.341 e. The Hall–Kier alpha value is -0.910. The Bertz CT molecular complexity index is 463. The van der Waals surface area contributed by atoms with Crippen LogP contribution in [0.3, 0.4) is 0 Å². The molecule has 0 radical (unpaired) electrons. The normalized spacial score (nSPS) is 14.8. The van der Waals surface area contributed by atoms with Crippen LogP contribution in [0.2, 0.25) is 0 Å². The molecule has 0 aliphatic rings. The molecule has 1 amide bonds. The molecule has 0 saturated heterocycles. The predicted octanol–water partition coefficient (Wildman–Crippen LogP) is 1.79. The summed E-state index contributed by atoms with van der Waals surface area (Å²) in [4.78, 5) is 14.5. The zero-order valence-electron chi connectivity index (χ0n) is 12.3. The Kier molecular flexibility index (Phi) is 8.01. The second-order valence-electron chi connectivity index (χ2n) is 4.94. The number of carbonyl (C=O) groups excluding carboxylic acids is 1. The van der Waals surface area contributed by atoms with Crippen LogP contribution >= 0.6 is 12.4 Å². The quantitative estimate of drug-likeness (QED) is 0.900. The van der Waals surface area contributed by atoms with Crippen molar-refractivity contribution in [2.75, 3.05) is 13.3 Å². The zero-order valence-corrected chi connectivity index (χ0v) is 14.0. The Labute approximate surface area is 129 Å². The SMILES string of the molecule is CC(N)C(C)C(=O)N(C)Cc1ccc(S(C)=O)cc1.Cl. The molecule has 0 aromatic heterocycles. The van der Waals surface area contributed by atoms with Crippen LogP contribution in [0.5, 0.6) is 0 Å². The van der Waals surface area contributed by atoms with Crippen molar-refractivity contribution in [1.29, 1.82) is 0 Å². The molecule has 0 fully saturated rings. The second kappa shape index (κ2) is 8.39. The Morgan fingerprint density at radius 2 is 1.80 bits per heavy atom. The first kappa shape index (κ1) is 19.1. The molecule has 0 bridgehead atoms. The van der Waals surface area contributed by atoms with Crippen molar-refractivity contribution in [2.24, 2.45) is 11.7 Å². The van der Waals surface area contributed by atoms with Crippen LogP contribution in [0, 0.1) is 5.92 Å². The Balaban J connectivity index is 0.00000361. The third-order valence-corrected chi connectivity index (χ3v) is 4.17. The van der Waals surface area contributed by atoms with E-state index in [2.05, 4.69) is 0 Å². The molecule has 3 unspecified atom stereocenters. The molecule has 1 rings (SSSR count). The van der Waals surface area contributed by atoms with Crippen molar-refractivity contribution in [1.82, 2.24) is 4.90 Å². The van der Waals surface area contributed by atoms with E-state index in [9.17, 15) is 9.00 Å². The van der Waals surface area contributed by atoms with Crippen LogP contribution in [0.25, 0.3) is 0 Å². The summed E-state index contributed by atoms with van der Waals surface area (Å²) in [5, 5.41) is 0. The highest BCUT2D eigenvalue weighted by atomic mass is 35.5. The third-order valence-electron chi connectivity index (χ3n) is 3.23. The van der Waals surface area contributed by atoms with Crippen LogP contribution in [0.1, 0.15) is 19.4 Å². The maximum Gasteiger partial charge on any atom is 0.226 e. The Morgan fingerprint density at radius 1 is 1.30 bits per heavy atom. The Morgan fingerprint density at radius 3 is 2.20 bits per heavy atom. The van der Waals surface area contributed by atoms with Gasteiger partial charge < -0.3 is 10.6 Å². The number of halogens is 1. The summed E-state index contributed by atoms with van der Waals surface area (Å²) >= 11 is 0. The van der Waals surface area contributed by atoms with E-state index in [1.54, 1.807) is 18.2 Å². The van der Waals surface area contributed by atoms with Crippen molar-refractivity contribution in [3.8, 4) is 0 Å². The summed E-state index contributed by atoms with van der Waals surface area (Å²) < 4.78 is 11.3. The van der Waals surface area contributed by atoms with E-state index in [1.807, 2.05) is 38.1 Å². The van der Waals surface area contributed by atoms with Gasteiger partial charge in [-0.3, -0.25) is 9.00 Å². The van der Waals surface area contributed by atoms with Gasteiger partial charge in [0.15, 0.2) is 0 Å². The van der Waals surface area contributed by atoms with Crippen molar-refractivity contribution in [3.05, 3.63) is 29.8 Å². The van der Waals surface area contributed by atoms with E-state index in [0.717, 1.165) is 10.5 Å². The van der Waals surface area contributed by atoms with Crippen LogP contribution in [0.4, 0.5) is 0 Å². The monoisotopic (exact) mass is 318 g/mol. The van der Waals surface area contributed by atoms with Gasteiger partial charge in [0.25, 0.3) is 0 Å². The van der Waals surface area contributed by atoms with Crippen LogP contribution in [-0.4, -0.2) is 34.4 Å². The fourth-order valence-electron chi connectivity index (χ4n) is 1.71. The predicted molar refractivity (Wildman–Crippen MR) is 85.3 cm³/mol. The summed E-state index contributed by atoms with van der Waals surface area (Å²) in [6.07, 6.45) is 1.65. The lowest BCUT2D eigenvalue weighted by atomic mass is 10.0. The first-order valence-corrected chi connectivity index (χ1v) is 7.81. The van der Waals surface area contributed by atoms with E-state index in [-0.39, 0.29) is 30.3 Å². The van der Waals surface area contributed by atoms with Gasteiger partial charge in [-0.05, 0) is 24.6 Å². The molecule has 0 aliphatic carbocycles. The van der Waals surface area contributed by atoms with Crippen molar-refractivity contribution < 1.29 is 9.00 Å². The molecular weight excluding hydrogens is 296 g/mol. The fourth-order valence-corrected chi connectivity index (χ4v) is 2.23. The standard InChI is InChI=1S/C14H22N2O2S.ClH/c1-10(11(2)15)14(17)16(3)9-12-5-7-13(8-6-12)19(4)18;/h5-8,10-11H,9,15H2,1-4H3;1H. The lowest BCUT2D eigenvalue weighted by molar-refractivity contribution is -0.134. The molecule has 1 aromatic carbocycles. The number of benzene rings is 1. The van der Waals surface area contributed by atoms with Gasteiger partial charge in [0.2, 0.25) is 5.91 Å². The lowest BCUT2D eigenvalue weighted by Gasteiger charge is -2.23. The molecule has 2 N–H and O–H groups in total. The average Bonchev–Trinajstić information content (AvgIpc) is 2.37. The molecule has 20 heavy (non-hydrogen) atoms. The molecule has 1 aromatic rings. The molecule has 6 heteroatoms. The maximum atomic E-state index is 12.1. The van der Waals surface area contributed by atoms with Crippen molar-refractivity contribution >= 4 is 29.1 Å². The summed E-state index contributed by atoms with van der Waals surface area (Å²) in [5.74, 6) is -0.148. The number of nitrogens with two attached hydrogens (primary N) is 1. The number of amides is 1. The number of nitrogens with zero attached hydrogens (tertiary/aromatic N) is 1. The highest BCUT2D eigenvalue weighted by Crippen LogP contribution is 2.12. The topological polar surface area (TPSA) is 63.4 Å². The summed E-state index contributed by atoms with van der Waals surface area (Å²) in [6.45, 7) is 4.21. The highest BCUT2D eigenvalue weighted by molar-refractivity contribution is 7.84. The molecule has 0 spiro atoms. The van der Waals surface area contributed by atoms with Crippen molar-refractivity contribution in [2.45, 2.75) is 31.3 Å². The minimum absolute atomic E-state index is 0. The van der Waals surface area contributed by atoms with Gasteiger partial charge >= 0.3 is 0 Å². The van der Waals surface area contributed by atoms with E-state index in [0.29, 0.717) is 6.54 Å². The van der Waals surface area contributed by atoms with Gasteiger partial charge in [0.1, 0.15) is 0 Å². The second-order valence-corrected chi connectivity index (χ2v) is 6.32. The molecule has 0 saturated carbocycles. The van der Waals surface area contributed by atoms with E-state index < -0.39 is 10.8 Å². The molecule has 0 heterocycles. The minimum atomic E-state index is -0.969.